The average Bonchev–Trinajstić information content (AvgIpc) is 2.47. The minimum Gasteiger partial charge on any atom is -0.468 e. The van der Waals surface area contributed by atoms with E-state index < -0.39 is 17.3 Å². The highest BCUT2D eigenvalue weighted by Gasteiger charge is 2.17. The van der Waals surface area contributed by atoms with Crippen LogP contribution in [0.15, 0.2) is 23.0 Å². The molecule has 0 radical (unpaired) electrons. The maximum absolute atomic E-state index is 12.3. The molecule has 0 aliphatic heterocycles. The molecular weight excluding hydrogens is 274 g/mol. The molecule has 0 atom stereocenters. The van der Waals surface area contributed by atoms with Crippen molar-refractivity contribution in [2.45, 2.75) is 6.92 Å². The van der Waals surface area contributed by atoms with Gasteiger partial charge in [0.1, 0.15) is 6.54 Å². The van der Waals surface area contributed by atoms with Crippen LogP contribution in [-0.4, -0.2) is 35.3 Å². The molecule has 7 nitrogen and oxygen atoms in total. The fourth-order valence-corrected chi connectivity index (χ4v) is 1.95. The third-order valence-corrected chi connectivity index (χ3v) is 3.05. The van der Waals surface area contributed by atoms with Gasteiger partial charge < -0.3 is 10.1 Å². The van der Waals surface area contributed by atoms with E-state index in [1.807, 2.05) is 13.0 Å². The van der Waals surface area contributed by atoms with E-state index in [1.165, 1.54) is 11.8 Å². The first-order valence-corrected chi connectivity index (χ1v) is 6.26. The maximum Gasteiger partial charge on any atom is 0.325 e. The molecule has 0 aliphatic carbocycles. The Balaban J connectivity index is 2.45. The highest BCUT2D eigenvalue weighted by Crippen LogP contribution is 2.11. The predicted octanol–water partition coefficient (Wildman–Crippen LogP) is 0.145. The number of carbonyl (C=O) groups excluding carboxylic acids is 2. The molecule has 1 aromatic carbocycles. The van der Waals surface area contributed by atoms with Crippen molar-refractivity contribution in [3.05, 3.63) is 39.7 Å². The molecule has 7 heteroatoms. The molecule has 110 valence electrons. The monoisotopic (exact) mass is 289 g/mol. The van der Waals surface area contributed by atoms with Gasteiger partial charge in [-0.3, -0.25) is 19.1 Å². The molecule has 2 aromatic rings. The number of aryl methyl sites for hydroxylation is 2. The summed E-state index contributed by atoms with van der Waals surface area (Å²) in [6.07, 6.45) is 0. The van der Waals surface area contributed by atoms with Crippen LogP contribution in [0.4, 0.5) is 0 Å². The Hall–Kier alpha value is -2.70. The number of hydrogen-bond donors (Lipinski definition) is 1. The zero-order valence-corrected chi connectivity index (χ0v) is 12.0. The second-order valence-electron chi connectivity index (χ2n) is 4.58. The van der Waals surface area contributed by atoms with Crippen molar-refractivity contribution in [2.24, 2.45) is 7.05 Å². The minimum atomic E-state index is -0.704. The van der Waals surface area contributed by atoms with E-state index in [1.54, 1.807) is 19.2 Å². The second-order valence-corrected chi connectivity index (χ2v) is 4.58. The number of benzene rings is 1. The smallest absolute Gasteiger partial charge is 0.325 e. The summed E-state index contributed by atoms with van der Waals surface area (Å²) in [5, 5.41) is 6.69. The van der Waals surface area contributed by atoms with Crippen LogP contribution in [-0.2, 0) is 16.6 Å². The molecule has 1 N–H and O–H groups in total. The molecule has 0 saturated carbocycles. The van der Waals surface area contributed by atoms with Gasteiger partial charge in [0.15, 0.2) is 5.69 Å². The molecule has 1 aromatic heterocycles. The summed E-state index contributed by atoms with van der Waals surface area (Å²) in [6.45, 7) is 1.54. The predicted molar refractivity (Wildman–Crippen MR) is 76.1 cm³/mol. The Morgan fingerprint density at radius 3 is 2.76 bits per heavy atom. The Bertz CT molecular complexity index is 780. The topological polar surface area (TPSA) is 90.3 Å². The largest absolute Gasteiger partial charge is 0.468 e. The van der Waals surface area contributed by atoms with Crippen LogP contribution in [0.2, 0.25) is 0 Å². The van der Waals surface area contributed by atoms with Crippen molar-refractivity contribution >= 4 is 22.8 Å². The lowest BCUT2D eigenvalue weighted by atomic mass is 10.1. The number of ether oxygens (including phenoxy) is 1. The Kier molecular flexibility index (Phi) is 4.02. The molecule has 0 spiro atoms. The van der Waals surface area contributed by atoms with Gasteiger partial charge in [0.05, 0.1) is 18.0 Å². The summed E-state index contributed by atoms with van der Waals surface area (Å²) in [6, 6.07) is 5.34. The number of aromatic nitrogens is 2. The number of rotatable bonds is 3. The quantitative estimate of drug-likeness (QED) is 0.812. The molecule has 1 heterocycles. The normalized spacial score (nSPS) is 10.4. The van der Waals surface area contributed by atoms with Gasteiger partial charge >= 0.3 is 5.97 Å². The molecule has 2 rings (SSSR count). The molecule has 21 heavy (non-hydrogen) atoms. The van der Waals surface area contributed by atoms with Crippen molar-refractivity contribution in [1.29, 1.82) is 0 Å². The Morgan fingerprint density at radius 1 is 1.38 bits per heavy atom. The molecule has 1 amide bonds. The van der Waals surface area contributed by atoms with Crippen LogP contribution in [0, 0.1) is 6.92 Å². The van der Waals surface area contributed by atoms with Crippen LogP contribution >= 0.6 is 0 Å². The Morgan fingerprint density at radius 2 is 2.10 bits per heavy atom. The van der Waals surface area contributed by atoms with E-state index in [2.05, 4.69) is 15.2 Å². The van der Waals surface area contributed by atoms with Crippen molar-refractivity contribution in [3.63, 3.8) is 0 Å². The first-order valence-electron chi connectivity index (χ1n) is 6.26. The summed E-state index contributed by atoms with van der Waals surface area (Å²) in [5.74, 6) is -1.30. The van der Waals surface area contributed by atoms with Crippen molar-refractivity contribution < 1.29 is 14.3 Å². The average molecular weight is 289 g/mol. The highest BCUT2D eigenvalue weighted by molar-refractivity contribution is 5.96. The number of nitrogens with one attached hydrogen (secondary N) is 1. The number of carbonyl (C=O) groups is 2. The first kappa shape index (κ1) is 14.7. The van der Waals surface area contributed by atoms with Crippen LogP contribution in [0.25, 0.3) is 10.9 Å². The SMILES string of the molecule is COC(=O)CNC(=O)c1nn(C)c2ccc(C)cc2c1=O. The fourth-order valence-electron chi connectivity index (χ4n) is 1.95. The molecule has 0 bridgehead atoms. The Labute approximate surface area is 120 Å². The van der Waals surface area contributed by atoms with Crippen LogP contribution in [0.5, 0.6) is 0 Å². The van der Waals surface area contributed by atoms with Gasteiger partial charge in [0.25, 0.3) is 5.91 Å². The summed E-state index contributed by atoms with van der Waals surface area (Å²) in [5.41, 5.74) is 0.829. The van der Waals surface area contributed by atoms with Crippen molar-refractivity contribution in [3.8, 4) is 0 Å². The van der Waals surface area contributed by atoms with E-state index in [4.69, 9.17) is 0 Å². The van der Waals surface area contributed by atoms with E-state index in [0.29, 0.717) is 10.9 Å². The van der Waals surface area contributed by atoms with Gasteiger partial charge in [-0.05, 0) is 19.1 Å². The number of esters is 1. The molecule has 0 aliphatic rings. The first-order chi connectivity index (χ1) is 9.93. The van der Waals surface area contributed by atoms with Gasteiger partial charge in [-0.25, -0.2) is 0 Å². The zero-order chi connectivity index (χ0) is 15.6. The van der Waals surface area contributed by atoms with Crippen molar-refractivity contribution in [1.82, 2.24) is 15.1 Å². The number of amides is 1. The molecule has 0 saturated heterocycles. The molecule has 0 unspecified atom stereocenters. The van der Waals surface area contributed by atoms with Crippen LogP contribution < -0.4 is 10.7 Å². The highest BCUT2D eigenvalue weighted by atomic mass is 16.5. The van der Waals surface area contributed by atoms with Gasteiger partial charge in [-0.1, -0.05) is 11.6 Å². The lowest BCUT2D eigenvalue weighted by Gasteiger charge is -2.08. The third-order valence-electron chi connectivity index (χ3n) is 3.05. The minimum absolute atomic E-state index is 0.250. The van der Waals surface area contributed by atoms with Gasteiger partial charge in [0.2, 0.25) is 5.43 Å². The van der Waals surface area contributed by atoms with Gasteiger partial charge in [0, 0.05) is 7.05 Å². The van der Waals surface area contributed by atoms with Crippen LogP contribution in [0.1, 0.15) is 16.1 Å². The third kappa shape index (κ3) is 2.91. The summed E-state index contributed by atoms with van der Waals surface area (Å²) < 4.78 is 5.88. The van der Waals surface area contributed by atoms with Gasteiger partial charge in [-0.15, -0.1) is 0 Å². The molecular formula is C14H15N3O4. The number of hydrogen-bond acceptors (Lipinski definition) is 5. The maximum atomic E-state index is 12.3. The van der Waals surface area contributed by atoms with Crippen molar-refractivity contribution in [2.75, 3.05) is 13.7 Å². The van der Waals surface area contributed by atoms with Crippen LogP contribution in [0.3, 0.4) is 0 Å². The van der Waals surface area contributed by atoms with Gasteiger partial charge in [-0.2, -0.15) is 5.10 Å². The number of nitrogens with zero attached hydrogens (tertiary/aromatic N) is 2. The number of fused-ring (bicyclic) bond motifs is 1. The second kappa shape index (κ2) is 5.74. The standard InChI is InChI=1S/C14H15N3O4/c1-8-4-5-10-9(6-8)13(19)12(16-17(10)2)14(20)15-7-11(18)21-3/h4-6H,7H2,1-3H3,(H,15,20). The zero-order valence-electron chi connectivity index (χ0n) is 12.0. The lowest BCUT2D eigenvalue weighted by Crippen LogP contribution is -2.35. The fraction of sp³-hybridized carbons (Fsp3) is 0.286. The van der Waals surface area contributed by atoms with E-state index in [0.717, 1.165) is 5.56 Å². The molecule has 0 fully saturated rings. The summed E-state index contributed by atoms with van der Waals surface area (Å²) >= 11 is 0. The number of methoxy groups -OCH3 is 1. The summed E-state index contributed by atoms with van der Waals surface area (Å²) in [7, 11) is 2.86. The lowest BCUT2D eigenvalue weighted by molar-refractivity contribution is -0.139. The summed E-state index contributed by atoms with van der Waals surface area (Å²) in [4.78, 5) is 35.3. The van der Waals surface area contributed by atoms with E-state index in [9.17, 15) is 14.4 Å². The van der Waals surface area contributed by atoms with E-state index in [-0.39, 0.29) is 12.2 Å². The van der Waals surface area contributed by atoms with E-state index >= 15 is 0 Å².